The molecule has 80 valence electrons. The van der Waals surface area contributed by atoms with Crippen molar-refractivity contribution >= 4 is 28.3 Å². The Balaban J connectivity index is 2.05. The van der Waals surface area contributed by atoms with Crippen LogP contribution in [0.2, 0.25) is 0 Å². The smallest absolute Gasteiger partial charge is 0.191 e. The molecule has 0 saturated carbocycles. The van der Waals surface area contributed by atoms with Crippen molar-refractivity contribution in [1.29, 1.82) is 0 Å². The van der Waals surface area contributed by atoms with Crippen LogP contribution < -0.4 is 5.73 Å². The third kappa shape index (κ3) is 2.10. The average molecular weight is 242 g/mol. The van der Waals surface area contributed by atoms with Gasteiger partial charge in [-0.05, 0) is 6.92 Å². The molecule has 0 amide bonds. The number of hydrogen-bond acceptors (Lipinski definition) is 7. The van der Waals surface area contributed by atoms with Gasteiger partial charge in [-0.2, -0.15) is 0 Å². The number of nitrogens with two attached hydrogens (primary N) is 1. The number of hydrogen-bond donors (Lipinski definition) is 1. The van der Waals surface area contributed by atoms with Crippen LogP contribution in [0.5, 0.6) is 0 Å². The van der Waals surface area contributed by atoms with Crippen LogP contribution in [0.15, 0.2) is 5.16 Å². The van der Waals surface area contributed by atoms with Crippen LogP contribution in [0.3, 0.4) is 0 Å². The molecule has 0 aliphatic carbocycles. The first-order valence-corrected chi connectivity index (χ1v) is 6.00. The molecule has 2 rings (SSSR count). The van der Waals surface area contributed by atoms with Gasteiger partial charge in [-0.15, -0.1) is 15.3 Å². The van der Waals surface area contributed by atoms with Crippen LogP contribution in [0.4, 0.5) is 5.00 Å². The number of aryl methyl sites for hydroxylation is 1. The van der Waals surface area contributed by atoms with E-state index in [9.17, 15) is 0 Å². The molecule has 0 unspecified atom stereocenters. The molecule has 0 radical (unpaired) electrons. The highest BCUT2D eigenvalue weighted by Gasteiger charge is 2.09. The van der Waals surface area contributed by atoms with Crippen LogP contribution in [-0.2, 0) is 12.8 Å². The van der Waals surface area contributed by atoms with Crippen molar-refractivity contribution in [2.24, 2.45) is 7.05 Å². The Labute approximate surface area is 95.1 Å². The van der Waals surface area contributed by atoms with Gasteiger partial charge in [0.25, 0.3) is 0 Å². The van der Waals surface area contributed by atoms with Crippen LogP contribution >= 0.6 is 23.3 Å². The first kappa shape index (κ1) is 10.4. The fourth-order valence-corrected chi connectivity index (χ4v) is 2.40. The maximum atomic E-state index is 5.69. The molecule has 0 bridgehead atoms. The summed E-state index contributed by atoms with van der Waals surface area (Å²) in [6, 6.07) is 0. The van der Waals surface area contributed by atoms with E-state index in [1.807, 2.05) is 18.5 Å². The summed E-state index contributed by atoms with van der Waals surface area (Å²) in [5.41, 5.74) is 6.50. The summed E-state index contributed by atoms with van der Waals surface area (Å²) in [7, 11) is 1.93. The van der Waals surface area contributed by atoms with Gasteiger partial charge in [0.2, 0.25) is 0 Å². The van der Waals surface area contributed by atoms with Gasteiger partial charge in [-0.1, -0.05) is 16.3 Å². The second kappa shape index (κ2) is 4.15. The van der Waals surface area contributed by atoms with Gasteiger partial charge < -0.3 is 10.3 Å². The van der Waals surface area contributed by atoms with Crippen molar-refractivity contribution in [3.05, 3.63) is 11.5 Å². The fourth-order valence-electron chi connectivity index (χ4n) is 0.962. The van der Waals surface area contributed by atoms with Crippen molar-refractivity contribution < 1.29 is 0 Å². The summed E-state index contributed by atoms with van der Waals surface area (Å²) in [5, 5.41) is 13.5. The Morgan fingerprint density at radius 3 is 2.73 bits per heavy atom. The first-order valence-electron chi connectivity index (χ1n) is 4.24. The fraction of sp³-hybridized carbons (Fsp3) is 0.429. The number of anilines is 1. The van der Waals surface area contributed by atoms with Gasteiger partial charge in [-0.25, -0.2) is 0 Å². The van der Waals surface area contributed by atoms with Gasteiger partial charge in [0.15, 0.2) is 5.16 Å². The maximum absolute atomic E-state index is 5.69. The van der Waals surface area contributed by atoms with Gasteiger partial charge in [-0.3, -0.25) is 0 Å². The zero-order chi connectivity index (χ0) is 10.8. The van der Waals surface area contributed by atoms with E-state index in [1.165, 1.54) is 11.5 Å². The van der Waals surface area contributed by atoms with E-state index in [1.54, 1.807) is 11.8 Å². The highest BCUT2D eigenvalue weighted by Crippen LogP contribution is 2.23. The highest BCUT2D eigenvalue weighted by atomic mass is 32.2. The zero-order valence-corrected chi connectivity index (χ0v) is 9.97. The summed E-state index contributed by atoms with van der Waals surface area (Å²) in [5.74, 6) is 1.57. The minimum absolute atomic E-state index is 0.668. The summed E-state index contributed by atoms with van der Waals surface area (Å²) in [6.07, 6.45) is 0. The predicted octanol–water partition coefficient (Wildman–Crippen LogP) is 0.850. The summed E-state index contributed by atoms with van der Waals surface area (Å²) < 4.78 is 5.70. The Morgan fingerprint density at radius 1 is 1.40 bits per heavy atom. The van der Waals surface area contributed by atoms with E-state index < -0.39 is 0 Å². The molecule has 6 nitrogen and oxygen atoms in total. The van der Waals surface area contributed by atoms with Crippen LogP contribution in [0.1, 0.15) is 11.5 Å². The van der Waals surface area contributed by atoms with Crippen molar-refractivity contribution in [1.82, 2.24) is 24.4 Å². The highest BCUT2D eigenvalue weighted by molar-refractivity contribution is 7.98. The minimum Gasteiger partial charge on any atom is -0.388 e. The van der Waals surface area contributed by atoms with Crippen molar-refractivity contribution in [3.8, 4) is 0 Å². The Kier molecular flexibility index (Phi) is 2.87. The second-order valence-corrected chi connectivity index (χ2v) is 4.69. The van der Waals surface area contributed by atoms with Crippen molar-refractivity contribution in [2.45, 2.75) is 17.8 Å². The summed E-state index contributed by atoms with van der Waals surface area (Å²) in [4.78, 5) is 0. The normalized spacial score (nSPS) is 10.8. The molecule has 8 heteroatoms. The molecule has 2 heterocycles. The van der Waals surface area contributed by atoms with Crippen molar-refractivity contribution in [2.75, 3.05) is 5.73 Å². The molecule has 0 saturated heterocycles. The SMILES string of the molecule is Cc1nnc(SCc2nnsc2N)n1C. The lowest BCUT2D eigenvalue weighted by Crippen LogP contribution is -1.95. The molecule has 0 fully saturated rings. The summed E-state index contributed by atoms with van der Waals surface area (Å²) in [6.45, 7) is 1.91. The molecule has 15 heavy (non-hydrogen) atoms. The van der Waals surface area contributed by atoms with Crippen LogP contribution in [0.25, 0.3) is 0 Å². The maximum Gasteiger partial charge on any atom is 0.191 e. The molecule has 0 aliphatic heterocycles. The number of aromatic nitrogens is 5. The number of nitrogen functional groups attached to an aromatic ring is 1. The zero-order valence-electron chi connectivity index (χ0n) is 8.34. The van der Waals surface area contributed by atoms with Gasteiger partial charge in [0.05, 0.1) is 0 Å². The van der Waals surface area contributed by atoms with Crippen LogP contribution in [-0.4, -0.2) is 24.4 Å². The lowest BCUT2D eigenvalue weighted by atomic mass is 10.5. The quantitative estimate of drug-likeness (QED) is 0.803. The number of rotatable bonds is 3. The van der Waals surface area contributed by atoms with Gasteiger partial charge in [0.1, 0.15) is 16.5 Å². The van der Waals surface area contributed by atoms with Crippen LogP contribution in [0, 0.1) is 6.92 Å². The molecule has 0 spiro atoms. The van der Waals surface area contributed by atoms with E-state index in [0.717, 1.165) is 16.7 Å². The van der Waals surface area contributed by atoms with Crippen molar-refractivity contribution in [3.63, 3.8) is 0 Å². The first-order chi connectivity index (χ1) is 7.18. The Hall–Kier alpha value is -1.15. The topological polar surface area (TPSA) is 82.5 Å². The molecule has 0 aliphatic rings. The Morgan fingerprint density at radius 2 is 2.20 bits per heavy atom. The summed E-state index contributed by atoms with van der Waals surface area (Å²) >= 11 is 2.76. The second-order valence-electron chi connectivity index (χ2n) is 2.96. The van der Waals surface area contributed by atoms with E-state index in [0.29, 0.717) is 10.8 Å². The lowest BCUT2D eigenvalue weighted by Gasteiger charge is -1.99. The molecule has 2 N–H and O–H groups in total. The minimum atomic E-state index is 0.668. The molecule has 0 aromatic carbocycles. The third-order valence-electron chi connectivity index (χ3n) is 1.98. The van der Waals surface area contributed by atoms with E-state index in [2.05, 4.69) is 19.8 Å². The van der Waals surface area contributed by atoms with E-state index >= 15 is 0 Å². The van der Waals surface area contributed by atoms with Gasteiger partial charge in [0, 0.05) is 24.3 Å². The average Bonchev–Trinajstić information content (AvgIpc) is 2.74. The van der Waals surface area contributed by atoms with Gasteiger partial charge >= 0.3 is 0 Å². The van der Waals surface area contributed by atoms with E-state index in [-0.39, 0.29) is 0 Å². The number of nitrogens with zero attached hydrogens (tertiary/aromatic N) is 5. The molecule has 0 atom stereocenters. The third-order valence-corrected chi connectivity index (χ3v) is 3.60. The molecular weight excluding hydrogens is 232 g/mol. The standard InChI is InChI=1S/C7H10N6S2/c1-4-9-11-7(13(4)2)14-3-5-6(8)15-12-10-5/h3,8H2,1-2H3. The van der Waals surface area contributed by atoms with E-state index in [4.69, 9.17) is 5.73 Å². The number of thioether (sulfide) groups is 1. The molecule has 2 aromatic heterocycles. The predicted molar refractivity (Wildman–Crippen MR) is 59.6 cm³/mol. The largest absolute Gasteiger partial charge is 0.388 e. The lowest BCUT2D eigenvalue weighted by molar-refractivity contribution is 0.765. The molecular formula is C7H10N6S2. The Bertz CT molecular complexity index is 462. The monoisotopic (exact) mass is 242 g/mol. The molecule has 2 aromatic rings.